The van der Waals surface area contributed by atoms with E-state index in [4.69, 9.17) is 10.5 Å². The van der Waals surface area contributed by atoms with Crippen LogP contribution < -0.4 is 15.8 Å². The molecule has 0 radical (unpaired) electrons. The number of rotatable bonds is 6. The molecule has 0 aliphatic carbocycles. The van der Waals surface area contributed by atoms with Crippen LogP contribution in [-0.2, 0) is 4.79 Å². The first-order chi connectivity index (χ1) is 8.49. The van der Waals surface area contributed by atoms with Crippen molar-refractivity contribution >= 4 is 5.91 Å². The molecule has 100 valence electrons. The monoisotopic (exact) mass is 252 g/mol. The number of aromatic hydroxyl groups is 1. The van der Waals surface area contributed by atoms with Crippen LogP contribution in [-0.4, -0.2) is 24.2 Å². The third-order valence-electron chi connectivity index (χ3n) is 2.88. The lowest BCUT2D eigenvalue weighted by Gasteiger charge is -2.20. The predicted molar refractivity (Wildman–Crippen MR) is 69.5 cm³/mol. The summed E-state index contributed by atoms with van der Waals surface area (Å²) < 4.78 is 4.96. The molecule has 1 rings (SSSR count). The lowest BCUT2D eigenvalue weighted by atomic mass is 10.0. The highest BCUT2D eigenvalue weighted by atomic mass is 16.5. The average molecular weight is 252 g/mol. The van der Waals surface area contributed by atoms with Crippen LogP contribution in [0.3, 0.4) is 0 Å². The molecule has 1 amide bonds. The van der Waals surface area contributed by atoms with E-state index in [0.29, 0.717) is 11.3 Å². The Hall–Kier alpha value is -1.75. The number of carbonyl (C=O) groups excluding carboxylic acids is 1. The Kier molecular flexibility index (Phi) is 4.97. The van der Waals surface area contributed by atoms with E-state index in [1.807, 2.05) is 13.8 Å². The minimum Gasteiger partial charge on any atom is -0.504 e. The van der Waals surface area contributed by atoms with E-state index in [2.05, 4.69) is 5.32 Å². The second-order valence-corrected chi connectivity index (χ2v) is 4.24. The molecule has 0 saturated heterocycles. The van der Waals surface area contributed by atoms with E-state index in [9.17, 15) is 9.90 Å². The van der Waals surface area contributed by atoms with Crippen molar-refractivity contribution < 1.29 is 14.6 Å². The number of phenols is 1. The molecular formula is C13H20N2O3. The lowest BCUT2D eigenvalue weighted by molar-refractivity contribution is -0.120. The summed E-state index contributed by atoms with van der Waals surface area (Å²) in [6.45, 7) is 3.99. The number of hydrogen-bond acceptors (Lipinski definition) is 4. The Bertz CT molecular complexity index is 421. The highest BCUT2D eigenvalue weighted by Gasteiger charge is 2.20. The van der Waals surface area contributed by atoms with Crippen molar-refractivity contribution in [1.82, 2.24) is 5.32 Å². The van der Waals surface area contributed by atoms with Gasteiger partial charge in [-0.2, -0.15) is 0 Å². The molecular weight excluding hydrogens is 232 g/mol. The van der Waals surface area contributed by atoms with Gasteiger partial charge in [0.05, 0.1) is 7.11 Å². The minimum absolute atomic E-state index is 0.00722. The van der Waals surface area contributed by atoms with Gasteiger partial charge < -0.3 is 15.6 Å². The molecule has 0 fully saturated rings. The third kappa shape index (κ3) is 3.37. The van der Waals surface area contributed by atoms with Gasteiger partial charge in [0.1, 0.15) is 6.04 Å². The standard InChI is InChI=1S/C13H20N2O3/c1-4-8(2)15-12(13(14)17)9-5-6-11(18-3)10(16)7-9/h5-8,12,15-16H,4H2,1-3H3,(H2,14,17). The zero-order valence-corrected chi connectivity index (χ0v) is 10.9. The van der Waals surface area contributed by atoms with Crippen molar-refractivity contribution in [3.8, 4) is 11.5 Å². The Balaban J connectivity index is 2.99. The number of nitrogens with two attached hydrogens (primary N) is 1. The van der Waals surface area contributed by atoms with Gasteiger partial charge in [0.15, 0.2) is 11.5 Å². The number of methoxy groups -OCH3 is 1. The van der Waals surface area contributed by atoms with Gasteiger partial charge in [0, 0.05) is 6.04 Å². The number of ether oxygens (including phenoxy) is 1. The molecule has 0 bridgehead atoms. The summed E-state index contributed by atoms with van der Waals surface area (Å²) in [7, 11) is 1.47. The summed E-state index contributed by atoms with van der Waals surface area (Å²) in [6, 6.07) is 4.36. The molecule has 0 saturated carbocycles. The Morgan fingerprint density at radius 2 is 2.22 bits per heavy atom. The molecule has 0 aliphatic rings. The molecule has 2 atom stereocenters. The number of amides is 1. The van der Waals surface area contributed by atoms with Crippen molar-refractivity contribution in [1.29, 1.82) is 0 Å². The zero-order chi connectivity index (χ0) is 13.7. The van der Waals surface area contributed by atoms with E-state index in [1.165, 1.54) is 13.2 Å². The molecule has 18 heavy (non-hydrogen) atoms. The summed E-state index contributed by atoms with van der Waals surface area (Å²) in [5.41, 5.74) is 6.00. The normalized spacial score (nSPS) is 13.9. The number of nitrogens with one attached hydrogen (secondary N) is 1. The highest BCUT2D eigenvalue weighted by Crippen LogP contribution is 2.29. The summed E-state index contributed by atoms with van der Waals surface area (Å²) >= 11 is 0. The van der Waals surface area contributed by atoms with E-state index < -0.39 is 11.9 Å². The maximum absolute atomic E-state index is 11.5. The minimum atomic E-state index is -0.614. The Labute approximate surface area is 107 Å². The van der Waals surface area contributed by atoms with Crippen LogP contribution in [0, 0.1) is 0 Å². The summed E-state index contributed by atoms with van der Waals surface area (Å²) in [5, 5.41) is 12.8. The van der Waals surface area contributed by atoms with Crippen LogP contribution in [0.4, 0.5) is 0 Å². The Morgan fingerprint density at radius 1 is 1.56 bits per heavy atom. The molecule has 5 heteroatoms. The second-order valence-electron chi connectivity index (χ2n) is 4.24. The van der Waals surface area contributed by atoms with Crippen molar-refractivity contribution in [2.45, 2.75) is 32.4 Å². The van der Waals surface area contributed by atoms with Crippen LogP contribution in [0.25, 0.3) is 0 Å². The summed E-state index contributed by atoms with van der Waals surface area (Å²) in [5.74, 6) is -0.113. The zero-order valence-electron chi connectivity index (χ0n) is 10.9. The van der Waals surface area contributed by atoms with Gasteiger partial charge in [-0.3, -0.25) is 10.1 Å². The first-order valence-electron chi connectivity index (χ1n) is 5.91. The lowest BCUT2D eigenvalue weighted by Crippen LogP contribution is -2.38. The van der Waals surface area contributed by atoms with Crippen LogP contribution >= 0.6 is 0 Å². The number of carbonyl (C=O) groups is 1. The fourth-order valence-electron chi connectivity index (χ4n) is 1.63. The highest BCUT2D eigenvalue weighted by molar-refractivity contribution is 5.81. The molecule has 4 N–H and O–H groups in total. The number of primary amides is 1. The summed E-state index contributed by atoms with van der Waals surface area (Å²) in [4.78, 5) is 11.5. The maximum atomic E-state index is 11.5. The SMILES string of the molecule is CCC(C)NC(C(N)=O)c1ccc(OC)c(O)c1. The van der Waals surface area contributed by atoms with Gasteiger partial charge >= 0.3 is 0 Å². The summed E-state index contributed by atoms with van der Waals surface area (Å²) in [6.07, 6.45) is 0.881. The molecule has 0 spiro atoms. The molecule has 1 aromatic rings. The fourth-order valence-corrected chi connectivity index (χ4v) is 1.63. The van der Waals surface area contributed by atoms with Crippen molar-refractivity contribution in [2.24, 2.45) is 5.73 Å². The first-order valence-corrected chi connectivity index (χ1v) is 5.91. The van der Waals surface area contributed by atoms with Crippen LogP contribution in [0.2, 0.25) is 0 Å². The van der Waals surface area contributed by atoms with E-state index in [-0.39, 0.29) is 11.8 Å². The molecule has 0 aromatic heterocycles. The molecule has 5 nitrogen and oxygen atoms in total. The van der Waals surface area contributed by atoms with Gasteiger partial charge in [-0.15, -0.1) is 0 Å². The topological polar surface area (TPSA) is 84.6 Å². The van der Waals surface area contributed by atoms with Crippen LogP contribution in [0.15, 0.2) is 18.2 Å². The molecule has 2 unspecified atom stereocenters. The predicted octanol–water partition coefficient (Wildman–Crippen LogP) is 1.32. The number of benzene rings is 1. The van der Waals surface area contributed by atoms with Gasteiger partial charge in [0.25, 0.3) is 0 Å². The third-order valence-corrected chi connectivity index (χ3v) is 2.88. The van der Waals surface area contributed by atoms with E-state index in [0.717, 1.165) is 6.42 Å². The average Bonchev–Trinajstić information content (AvgIpc) is 2.35. The van der Waals surface area contributed by atoms with Crippen molar-refractivity contribution in [3.05, 3.63) is 23.8 Å². The second kappa shape index (κ2) is 6.26. The number of phenolic OH excluding ortho intramolecular Hbond substituents is 1. The Morgan fingerprint density at radius 3 is 2.67 bits per heavy atom. The molecule has 1 aromatic carbocycles. The van der Waals surface area contributed by atoms with Gasteiger partial charge in [-0.05, 0) is 31.0 Å². The smallest absolute Gasteiger partial charge is 0.239 e. The van der Waals surface area contributed by atoms with Gasteiger partial charge in [-0.25, -0.2) is 0 Å². The van der Waals surface area contributed by atoms with E-state index >= 15 is 0 Å². The molecule has 0 heterocycles. The van der Waals surface area contributed by atoms with Crippen LogP contribution in [0.5, 0.6) is 11.5 Å². The van der Waals surface area contributed by atoms with E-state index in [1.54, 1.807) is 12.1 Å². The van der Waals surface area contributed by atoms with Crippen molar-refractivity contribution in [3.63, 3.8) is 0 Å². The van der Waals surface area contributed by atoms with Gasteiger partial charge in [-0.1, -0.05) is 13.0 Å². The van der Waals surface area contributed by atoms with Crippen LogP contribution in [0.1, 0.15) is 31.9 Å². The maximum Gasteiger partial charge on any atom is 0.239 e. The quantitative estimate of drug-likeness (QED) is 0.712. The largest absolute Gasteiger partial charge is 0.504 e. The van der Waals surface area contributed by atoms with Crippen molar-refractivity contribution in [2.75, 3.05) is 7.11 Å². The molecule has 0 aliphatic heterocycles. The van der Waals surface area contributed by atoms with Gasteiger partial charge in [0.2, 0.25) is 5.91 Å². The first kappa shape index (κ1) is 14.3. The number of hydrogen-bond donors (Lipinski definition) is 3. The fraction of sp³-hybridized carbons (Fsp3) is 0.462.